The maximum Gasteiger partial charge on any atom is 0.274 e. The second kappa shape index (κ2) is 10.7. The van der Waals surface area contributed by atoms with Crippen LogP contribution in [0.25, 0.3) is 11.3 Å². The Labute approximate surface area is 245 Å². The van der Waals surface area contributed by atoms with Gasteiger partial charge in [-0.2, -0.15) is 5.10 Å². The van der Waals surface area contributed by atoms with Crippen LogP contribution in [0.2, 0.25) is 0 Å². The van der Waals surface area contributed by atoms with Crippen molar-refractivity contribution in [2.75, 3.05) is 31.2 Å². The fourth-order valence-corrected chi connectivity index (χ4v) is 6.14. The number of aliphatic imine (C=N–C) groups is 1. The van der Waals surface area contributed by atoms with Crippen molar-refractivity contribution in [2.45, 2.75) is 38.6 Å². The lowest BCUT2D eigenvalue weighted by Crippen LogP contribution is -2.57. The molecule has 3 aromatic rings. The number of nitrogens with zero attached hydrogens (tertiary/aromatic N) is 5. The van der Waals surface area contributed by atoms with Crippen molar-refractivity contribution in [1.29, 1.82) is 5.41 Å². The van der Waals surface area contributed by atoms with Gasteiger partial charge in [-0.25, -0.2) is 9.07 Å². The van der Waals surface area contributed by atoms with Crippen LogP contribution in [0.4, 0.5) is 10.1 Å². The lowest BCUT2D eigenvalue weighted by atomic mass is 9.85. The number of likely N-dealkylation sites (tertiary alicyclic amines) is 1. The van der Waals surface area contributed by atoms with Gasteiger partial charge in [0.05, 0.1) is 18.1 Å². The van der Waals surface area contributed by atoms with Crippen LogP contribution in [0, 0.1) is 25.1 Å². The normalized spacial score (nSPS) is 17.9. The van der Waals surface area contributed by atoms with Crippen molar-refractivity contribution >= 4 is 48.8 Å². The average molecular weight is 563 g/mol. The number of benzene rings is 2. The second-order valence-electron chi connectivity index (χ2n) is 11.1. The number of aromatic nitrogens is 2. The molecule has 2 saturated heterocycles. The SMILES string of the molecule is [B]c1cc(-n2nc(C(=O)N3CCC4(CC3)C(=O)NCN4c3cc(C)c(F)c(C)c3)cc2C2=CCCN=C2)ccc1C=N. The summed E-state index contributed by atoms with van der Waals surface area (Å²) in [4.78, 5) is 35.1. The fraction of sp³-hybridized carbons (Fsp3) is 0.323. The minimum absolute atomic E-state index is 0.0738. The number of anilines is 1. The number of piperidine rings is 1. The van der Waals surface area contributed by atoms with E-state index >= 15 is 0 Å². The number of hydrogen-bond donors (Lipinski definition) is 2. The van der Waals surface area contributed by atoms with Crippen molar-refractivity contribution in [2.24, 2.45) is 4.99 Å². The van der Waals surface area contributed by atoms with E-state index in [0.717, 1.165) is 23.4 Å². The molecule has 2 fully saturated rings. The van der Waals surface area contributed by atoms with Crippen LogP contribution in [0.5, 0.6) is 0 Å². The van der Waals surface area contributed by atoms with Gasteiger partial charge in [0.1, 0.15) is 19.2 Å². The highest BCUT2D eigenvalue weighted by molar-refractivity contribution is 6.35. The van der Waals surface area contributed by atoms with Crippen LogP contribution in [0.15, 0.2) is 47.5 Å². The Morgan fingerprint density at radius 3 is 2.50 bits per heavy atom. The lowest BCUT2D eigenvalue weighted by molar-refractivity contribution is -0.124. The number of carbonyl (C=O) groups is 2. The lowest BCUT2D eigenvalue weighted by Gasteiger charge is -2.43. The molecule has 0 saturated carbocycles. The molecular weight excluding hydrogens is 532 g/mol. The van der Waals surface area contributed by atoms with E-state index in [1.807, 2.05) is 11.0 Å². The third-order valence-corrected chi connectivity index (χ3v) is 8.50. The molecule has 11 heteroatoms. The summed E-state index contributed by atoms with van der Waals surface area (Å²) < 4.78 is 16.0. The zero-order valence-electron chi connectivity index (χ0n) is 23.7. The Morgan fingerprint density at radius 1 is 1.12 bits per heavy atom. The number of hydrogen-bond acceptors (Lipinski definition) is 6. The summed E-state index contributed by atoms with van der Waals surface area (Å²) in [5, 5.41) is 15.2. The van der Waals surface area contributed by atoms with E-state index in [-0.39, 0.29) is 23.3 Å². The Hall–Kier alpha value is -4.54. The van der Waals surface area contributed by atoms with E-state index in [1.54, 1.807) is 60.0 Å². The van der Waals surface area contributed by atoms with Gasteiger partial charge in [-0.05, 0) is 80.1 Å². The van der Waals surface area contributed by atoms with Gasteiger partial charge >= 0.3 is 0 Å². The number of carbonyl (C=O) groups excluding carboxylic acids is 2. The summed E-state index contributed by atoms with van der Waals surface area (Å²) >= 11 is 0. The first kappa shape index (κ1) is 27.6. The van der Waals surface area contributed by atoms with Gasteiger partial charge in [-0.1, -0.05) is 17.6 Å². The van der Waals surface area contributed by atoms with Gasteiger partial charge in [0.2, 0.25) is 5.91 Å². The maximum atomic E-state index is 14.3. The Kier molecular flexibility index (Phi) is 7.04. The van der Waals surface area contributed by atoms with E-state index in [2.05, 4.69) is 16.4 Å². The van der Waals surface area contributed by atoms with Crippen molar-refractivity contribution < 1.29 is 14.0 Å². The molecule has 3 aliphatic heterocycles. The zero-order chi connectivity index (χ0) is 29.6. The van der Waals surface area contributed by atoms with E-state index in [1.165, 1.54) is 6.21 Å². The van der Waals surface area contributed by atoms with E-state index in [0.29, 0.717) is 67.0 Å². The molecule has 0 unspecified atom stereocenters. The van der Waals surface area contributed by atoms with Gasteiger partial charge < -0.3 is 20.5 Å². The van der Waals surface area contributed by atoms with Crippen LogP contribution >= 0.6 is 0 Å². The molecule has 2 amide bonds. The van der Waals surface area contributed by atoms with Gasteiger partial charge in [0.15, 0.2) is 5.69 Å². The van der Waals surface area contributed by atoms with Crippen molar-refractivity contribution in [1.82, 2.24) is 20.0 Å². The Balaban J connectivity index is 1.28. The van der Waals surface area contributed by atoms with Crippen LogP contribution in [0.3, 0.4) is 0 Å². The molecule has 2 radical (unpaired) electrons. The first-order valence-corrected chi connectivity index (χ1v) is 14.0. The number of aryl methyl sites for hydroxylation is 2. The standard InChI is InChI=1S/C31H31BFN7O2/c1-19-12-24(13-20(2)28(19)33)39-18-36-30(42)31(39)7-10-38(11-8-31)29(41)26-15-27(22-4-3-9-35-17-22)40(37-26)23-6-5-21(16-34)25(32)14-23/h4-6,12-17,34H,3,7-11,18H2,1-2H3,(H,36,42). The molecule has 3 aliphatic rings. The molecule has 0 atom stereocenters. The number of nitrogens with one attached hydrogen (secondary N) is 2. The minimum Gasteiger partial charge on any atom is -0.339 e. The van der Waals surface area contributed by atoms with Gasteiger partial charge in [0.25, 0.3) is 5.91 Å². The topological polar surface area (TPSA) is 107 Å². The number of rotatable bonds is 5. The highest BCUT2D eigenvalue weighted by Gasteiger charge is 2.51. The van der Waals surface area contributed by atoms with Crippen molar-refractivity contribution in [3.05, 3.63) is 76.4 Å². The van der Waals surface area contributed by atoms with Gasteiger partial charge in [-0.3, -0.25) is 14.6 Å². The third-order valence-electron chi connectivity index (χ3n) is 8.50. The first-order chi connectivity index (χ1) is 20.2. The molecule has 212 valence electrons. The average Bonchev–Trinajstić information content (AvgIpc) is 3.58. The summed E-state index contributed by atoms with van der Waals surface area (Å²) in [6, 6.07) is 10.6. The van der Waals surface area contributed by atoms with Crippen LogP contribution in [-0.2, 0) is 4.79 Å². The predicted octanol–water partition coefficient (Wildman–Crippen LogP) is 2.85. The summed E-state index contributed by atoms with van der Waals surface area (Å²) in [5.74, 6) is -0.537. The number of dihydropyridines is 1. The van der Waals surface area contributed by atoms with Gasteiger partial charge in [-0.15, -0.1) is 0 Å². The minimum atomic E-state index is -0.810. The van der Waals surface area contributed by atoms with Crippen molar-refractivity contribution in [3.63, 3.8) is 0 Å². The van der Waals surface area contributed by atoms with Gasteiger partial charge in [0, 0.05) is 43.3 Å². The van der Waals surface area contributed by atoms with E-state index in [9.17, 15) is 14.0 Å². The zero-order valence-corrected chi connectivity index (χ0v) is 23.7. The smallest absolute Gasteiger partial charge is 0.274 e. The second-order valence-corrected chi connectivity index (χ2v) is 11.1. The molecule has 1 aromatic heterocycles. The summed E-state index contributed by atoms with van der Waals surface area (Å²) in [6.45, 7) is 5.24. The monoisotopic (exact) mass is 563 g/mol. The molecular formula is C31H31BFN7O2. The third kappa shape index (κ3) is 4.62. The first-order valence-electron chi connectivity index (χ1n) is 14.0. The molecule has 0 aliphatic carbocycles. The summed E-state index contributed by atoms with van der Waals surface area (Å²) in [6.07, 6.45) is 6.72. The highest BCUT2D eigenvalue weighted by Crippen LogP contribution is 2.38. The number of allylic oxidation sites excluding steroid dienone is 1. The molecule has 42 heavy (non-hydrogen) atoms. The predicted molar refractivity (Wildman–Crippen MR) is 162 cm³/mol. The largest absolute Gasteiger partial charge is 0.339 e. The molecule has 9 nitrogen and oxygen atoms in total. The number of amides is 2. The molecule has 1 spiro atoms. The molecule has 4 heterocycles. The van der Waals surface area contributed by atoms with Crippen LogP contribution < -0.4 is 15.7 Å². The summed E-state index contributed by atoms with van der Waals surface area (Å²) in [7, 11) is 6.16. The summed E-state index contributed by atoms with van der Waals surface area (Å²) in [5.41, 5.74) is 4.64. The fourth-order valence-electron chi connectivity index (χ4n) is 6.14. The molecule has 2 aromatic carbocycles. The van der Waals surface area contributed by atoms with E-state index in [4.69, 9.17) is 18.4 Å². The molecule has 2 N–H and O–H groups in total. The van der Waals surface area contributed by atoms with Crippen LogP contribution in [0.1, 0.15) is 52.1 Å². The maximum absolute atomic E-state index is 14.3. The van der Waals surface area contributed by atoms with Crippen LogP contribution in [-0.4, -0.2) is 78.6 Å². The quantitative estimate of drug-likeness (QED) is 0.368. The number of halogens is 1. The van der Waals surface area contributed by atoms with E-state index < -0.39 is 5.54 Å². The molecule has 0 bridgehead atoms. The molecule has 6 rings (SSSR count). The Bertz CT molecular complexity index is 1650. The van der Waals surface area contributed by atoms with Crippen molar-refractivity contribution in [3.8, 4) is 5.69 Å². The Morgan fingerprint density at radius 2 is 1.86 bits per heavy atom. The highest BCUT2D eigenvalue weighted by atomic mass is 19.1.